The number of hydrogen-bond donors (Lipinski definition) is 0. The lowest BCUT2D eigenvalue weighted by Crippen LogP contribution is -2.32. The minimum absolute atomic E-state index is 0.0870. The van der Waals surface area contributed by atoms with Gasteiger partial charge in [-0.05, 0) is 12.1 Å². The summed E-state index contributed by atoms with van der Waals surface area (Å²) in [5.74, 6) is 0.670. The van der Waals surface area contributed by atoms with Crippen LogP contribution in [0.25, 0.3) is 0 Å². The molecular weight excluding hydrogens is 278 g/mol. The summed E-state index contributed by atoms with van der Waals surface area (Å²) in [5, 5.41) is 0. The molecular formula is C16H17N5O. The first-order valence-electron chi connectivity index (χ1n) is 7.50. The van der Waals surface area contributed by atoms with E-state index in [4.69, 9.17) is 0 Å². The van der Waals surface area contributed by atoms with E-state index in [2.05, 4.69) is 19.9 Å². The van der Waals surface area contributed by atoms with E-state index in [0.717, 1.165) is 37.6 Å². The number of likely N-dealkylation sites (tertiary alicyclic amines) is 1. The Hall–Kier alpha value is -2.34. The maximum absolute atomic E-state index is 12.6. The summed E-state index contributed by atoms with van der Waals surface area (Å²) in [6, 6.07) is 5.95. The number of nitrogens with zero attached hydrogens (tertiary/aromatic N) is 5. The molecule has 2 aliphatic rings. The van der Waals surface area contributed by atoms with Crippen molar-refractivity contribution in [3.8, 4) is 0 Å². The van der Waals surface area contributed by atoms with Gasteiger partial charge in [0.05, 0.1) is 29.7 Å². The number of anilines is 1. The van der Waals surface area contributed by atoms with E-state index in [9.17, 15) is 4.79 Å². The highest BCUT2D eigenvalue weighted by Gasteiger charge is 2.46. The molecule has 0 aromatic carbocycles. The summed E-state index contributed by atoms with van der Waals surface area (Å²) in [6.07, 6.45) is 6.71. The Balaban J connectivity index is 1.44. The average molecular weight is 295 g/mol. The second-order valence-electron chi connectivity index (χ2n) is 5.93. The van der Waals surface area contributed by atoms with Crippen molar-refractivity contribution in [2.24, 2.45) is 11.8 Å². The minimum atomic E-state index is 0.0870. The third-order valence-electron chi connectivity index (χ3n) is 4.49. The predicted octanol–water partition coefficient (Wildman–Crippen LogP) is 0.966. The van der Waals surface area contributed by atoms with Gasteiger partial charge in [-0.2, -0.15) is 0 Å². The summed E-state index contributed by atoms with van der Waals surface area (Å²) in [6.45, 7) is 3.33. The average Bonchev–Trinajstić information content (AvgIpc) is 3.08. The number of hydrogen-bond acceptors (Lipinski definition) is 5. The molecule has 4 heterocycles. The van der Waals surface area contributed by atoms with Crippen LogP contribution in [0.1, 0.15) is 5.69 Å². The highest BCUT2D eigenvalue weighted by Crippen LogP contribution is 2.35. The first kappa shape index (κ1) is 13.3. The van der Waals surface area contributed by atoms with Crippen LogP contribution in [-0.4, -0.2) is 45.4 Å². The van der Waals surface area contributed by atoms with Crippen molar-refractivity contribution in [2.45, 2.75) is 6.54 Å². The summed E-state index contributed by atoms with van der Waals surface area (Å²) >= 11 is 0. The second kappa shape index (κ2) is 5.46. The molecule has 112 valence electrons. The molecule has 0 spiro atoms. The minimum Gasteiger partial charge on any atom is -0.309 e. The fourth-order valence-electron chi connectivity index (χ4n) is 3.46. The monoisotopic (exact) mass is 295 g/mol. The van der Waals surface area contributed by atoms with E-state index in [1.54, 1.807) is 12.4 Å². The van der Waals surface area contributed by atoms with Crippen molar-refractivity contribution in [1.82, 2.24) is 19.9 Å². The Bertz CT molecular complexity index is 663. The lowest BCUT2D eigenvalue weighted by molar-refractivity contribution is -0.120. The Morgan fingerprint density at radius 2 is 2.00 bits per heavy atom. The molecule has 1 amide bonds. The van der Waals surface area contributed by atoms with Gasteiger partial charge in [-0.15, -0.1) is 0 Å². The molecule has 22 heavy (non-hydrogen) atoms. The number of carbonyl (C=O) groups excluding carboxylic acids is 1. The first-order valence-corrected chi connectivity index (χ1v) is 7.50. The van der Waals surface area contributed by atoms with Gasteiger partial charge in [0, 0.05) is 38.3 Å². The van der Waals surface area contributed by atoms with Gasteiger partial charge in [-0.1, -0.05) is 6.07 Å². The SMILES string of the molecule is O=C1[C@H]2CN(Cc3ccccn3)C[C@H]2CN1c1cncnc1. The molecule has 0 saturated carbocycles. The number of pyridine rings is 1. The second-order valence-corrected chi connectivity index (χ2v) is 5.93. The Labute approximate surface area is 128 Å². The molecule has 4 rings (SSSR count). The zero-order valence-corrected chi connectivity index (χ0v) is 12.2. The van der Waals surface area contributed by atoms with Gasteiger partial charge in [0.1, 0.15) is 6.33 Å². The van der Waals surface area contributed by atoms with Gasteiger partial charge in [0.2, 0.25) is 5.91 Å². The molecule has 2 saturated heterocycles. The Morgan fingerprint density at radius 1 is 1.14 bits per heavy atom. The highest BCUT2D eigenvalue weighted by molar-refractivity contribution is 5.97. The fourth-order valence-corrected chi connectivity index (χ4v) is 3.46. The van der Waals surface area contributed by atoms with Crippen LogP contribution in [0.4, 0.5) is 5.69 Å². The van der Waals surface area contributed by atoms with Gasteiger partial charge in [0.25, 0.3) is 0 Å². The zero-order chi connectivity index (χ0) is 14.9. The number of fused-ring (bicyclic) bond motifs is 1. The largest absolute Gasteiger partial charge is 0.309 e. The van der Waals surface area contributed by atoms with Gasteiger partial charge in [-0.3, -0.25) is 14.7 Å². The molecule has 0 bridgehead atoms. The highest BCUT2D eigenvalue weighted by atomic mass is 16.2. The molecule has 0 radical (unpaired) electrons. The van der Waals surface area contributed by atoms with Crippen molar-refractivity contribution < 1.29 is 4.79 Å². The molecule has 2 aromatic rings. The van der Waals surface area contributed by atoms with Crippen LogP contribution in [0.5, 0.6) is 0 Å². The van der Waals surface area contributed by atoms with Crippen molar-refractivity contribution in [3.05, 3.63) is 48.8 Å². The summed E-state index contributed by atoms with van der Waals surface area (Å²) in [4.78, 5) is 29.1. The fraction of sp³-hybridized carbons (Fsp3) is 0.375. The predicted molar refractivity (Wildman–Crippen MR) is 80.9 cm³/mol. The number of amides is 1. The van der Waals surface area contributed by atoms with Gasteiger partial charge < -0.3 is 4.90 Å². The van der Waals surface area contributed by atoms with E-state index in [-0.39, 0.29) is 11.8 Å². The molecule has 0 unspecified atom stereocenters. The summed E-state index contributed by atoms with van der Waals surface area (Å²) < 4.78 is 0. The van der Waals surface area contributed by atoms with E-state index in [0.29, 0.717) is 5.92 Å². The van der Waals surface area contributed by atoms with Crippen molar-refractivity contribution in [3.63, 3.8) is 0 Å². The maximum atomic E-state index is 12.6. The number of aromatic nitrogens is 3. The lowest BCUT2D eigenvalue weighted by Gasteiger charge is -2.20. The molecule has 0 N–H and O–H groups in total. The molecule has 2 aliphatic heterocycles. The molecule has 2 fully saturated rings. The van der Waals surface area contributed by atoms with Crippen LogP contribution in [0.15, 0.2) is 43.1 Å². The smallest absolute Gasteiger partial charge is 0.231 e. The van der Waals surface area contributed by atoms with E-state index in [1.165, 1.54) is 6.33 Å². The van der Waals surface area contributed by atoms with E-state index >= 15 is 0 Å². The summed E-state index contributed by atoms with van der Waals surface area (Å²) in [7, 11) is 0. The molecule has 6 heteroatoms. The van der Waals surface area contributed by atoms with Crippen LogP contribution >= 0.6 is 0 Å². The maximum Gasteiger partial charge on any atom is 0.231 e. The zero-order valence-electron chi connectivity index (χ0n) is 12.2. The van der Waals surface area contributed by atoms with Crippen molar-refractivity contribution in [1.29, 1.82) is 0 Å². The van der Waals surface area contributed by atoms with Crippen LogP contribution in [0.2, 0.25) is 0 Å². The van der Waals surface area contributed by atoms with Crippen LogP contribution in [0.3, 0.4) is 0 Å². The molecule has 0 aliphatic carbocycles. The topological polar surface area (TPSA) is 62.2 Å². The number of rotatable bonds is 3. The normalized spacial score (nSPS) is 24.7. The lowest BCUT2D eigenvalue weighted by atomic mass is 10.0. The van der Waals surface area contributed by atoms with Gasteiger partial charge in [-0.25, -0.2) is 9.97 Å². The van der Waals surface area contributed by atoms with E-state index < -0.39 is 0 Å². The van der Waals surface area contributed by atoms with Crippen LogP contribution < -0.4 is 4.90 Å². The van der Waals surface area contributed by atoms with E-state index in [1.807, 2.05) is 29.3 Å². The third kappa shape index (κ3) is 2.35. The quantitative estimate of drug-likeness (QED) is 0.844. The molecule has 2 atom stereocenters. The van der Waals surface area contributed by atoms with Gasteiger partial charge >= 0.3 is 0 Å². The van der Waals surface area contributed by atoms with Crippen LogP contribution in [0, 0.1) is 11.8 Å². The first-order chi connectivity index (χ1) is 10.8. The standard InChI is InChI=1S/C16H17N5O/c22-16-15-10-20(9-13-3-1-2-4-19-13)7-12(15)8-21(16)14-5-17-11-18-6-14/h1-6,11-12,15H,7-10H2/t12-,15-/m0/s1. The third-order valence-corrected chi connectivity index (χ3v) is 4.49. The Kier molecular flexibility index (Phi) is 3.31. The Morgan fingerprint density at radius 3 is 2.73 bits per heavy atom. The van der Waals surface area contributed by atoms with Crippen molar-refractivity contribution in [2.75, 3.05) is 24.5 Å². The number of carbonyl (C=O) groups is 1. The molecule has 6 nitrogen and oxygen atoms in total. The summed E-state index contributed by atoms with van der Waals surface area (Å²) in [5.41, 5.74) is 1.86. The van der Waals surface area contributed by atoms with Crippen LogP contribution in [-0.2, 0) is 11.3 Å². The van der Waals surface area contributed by atoms with Crippen molar-refractivity contribution >= 4 is 11.6 Å². The van der Waals surface area contributed by atoms with Gasteiger partial charge in [0.15, 0.2) is 0 Å². The molecule has 2 aromatic heterocycles.